The lowest BCUT2D eigenvalue weighted by atomic mass is 10.2. The number of carbonyl (C=O) groups is 1. The summed E-state index contributed by atoms with van der Waals surface area (Å²) in [6, 6.07) is 13.4. The minimum absolute atomic E-state index is 0.158. The summed E-state index contributed by atoms with van der Waals surface area (Å²) in [5.74, 6) is 0.497. The average molecular weight is 274 g/mol. The molecule has 3 N–H and O–H groups in total. The molecule has 2 aromatic rings. The summed E-state index contributed by atoms with van der Waals surface area (Å²) in [6.45, 7) is 0.158. The minimum Gasteiger partial charge on any atom is -0.508 e. The topological polar surface area (TPSA) is 77.8 Å². The van der Waals surface area contributed by atoms with Gasteiger partial charge in [-0.1, -0.05) is 24.3 Å². The van der Waals surface area contributed by atoms with Crippen LogP contribution in [0.3, 0.4) is 0 Å². The molecular weight excluding hydrogens is 256 g/mol. The summed E-state index contributed by atoms with van der Waals surface area (Å²) >= 11 is 0. The van der Waals surface area contributed by atoms with Crippen LogP contribution >= 0.6 is 0 Å². The van der Waals surface area contributed by atoms with Crippen molar-refractivity contribution in [1.82, 2.24) is 0 Å². The van der Waals surface area contributed by atoms with E-state index < -0.39 is 0 Å². The van der Waals surface area contributed by atoms with Crippen LogP contribution in [0.2, 0.25) is 0 Å². The van der Waals surface area contributed by atoms with Crippen molar-refractivity contribution >= 4 is 6.29 Å². The first-order valence-corrected chi connectivity index (χ1v) is 6.26. The molecule has 20 heavy (non-hydrogen) atoms. The number of phenols is 2. The number of hydrogen-bond donors (Lipinski definition) is 3. The first-order valence-electron chi connectivity index (χ1n) is 6.26. The van der Waals surface area contributed by atoms with E-state index in [2.05, 4.69) is 0 Å². The van der Waals surface area contributed by atoms with Crippen LogP contribution in [0, 0.1) is 0 Å². The zero-order valence-electron chi connectivity index (χ0n) is 11.1. The Bertz CT molecular complexity index is 503. The Hall–Kier alpha value is -2.33. The lowest BCUT2D eigenvalue weighted by Crippen LogP contribution is -1.88. The second-order valence-electron chi connectivity index (χ2n) is 4.18. The summed E-state index contributed by atoms with van der Waals surface area (Å²) < 4.78 is 0. The molecule has 0 amide bonds. The van der Waals surface area contributed by atoms with Gasteiger partial charge in [-0.05, 0) is 41.8 Å². The number of aliphatic hydroxyl groups excluding tert-OH is 1. The molecule has 0 radical (unpaired) electrons. The van der Waals surface area contributed by atoms with Gasteiger partial charge in [-0.3, -0.25) is 0 Å². The van der Waals surface area contributed by atoms with Crippen molar-refractivity contribution in [2.75, 3.05) is 6.61 Å². The molecule has 0 heterocycles. The number of aromatic hydroxyl groups is 2. The Labute approximate surface area is 117 Å². The molecule has 0 saturated heterocycles. The smallest absolute Gasteiger partial charge is 0.124 e. The third kappa shape index (κ3) is 6.02. The maximum atomic E-state index is 10.00. The highest BCUT2D eigenvalue weighted by molar-refractivity contribution is 5.55. The van der Waals surface area contributed by atoms with Crippen LogP contribution in [0.5, 0.6) is 11.5 Å². The van der Waals surface area contributed by atoms with Gasteiger partial charge in [0, 0.05) is 13.0 Å². The van der Waals surface area contributed by atoms with Gasteiger partial charge in [0.2, 0.25) is 0 Å². The number of aldehydes is 1. The van der Waals surface area contributed by atoms with E-state index in [1.165, 1.54) is 0 Å². The molecule has 4 heteroatoms. The lowest BCUT2D eigenvalue weighted by Gasteiger charge is -1.96. The summed E-state index contributed by atoms with van der Waals surface area (Å²) in [5, 5.41) is 26.2. The van der Waals surface area contributed by atoms with Gasteiger partial charge >= 0.3 is 0 Å². The number of carbonyl (C=O) groups excluding carboxylic acids is 1. The van der Waals surface area contributed by atoms with Crippen molar-refractivity contribution in [2.45, 2.75) is 12.8 Å². The van der Waals surface area contributed by atoms with Crippen LogP contribution in [-0.4, -0.2) is 28.2 Å². The molecule has 0 aliphatic heterocycles. The van der Waals surface area contributed by atoms with Crippen molar-refractivity contribution in [3.05, 3.63) is 59.7 Å². The molecule has 0 aliphatic carbocycles. The molecule has 0 fully saturated rings. The lowest BCUT2D eigenvalue weighted by molar-refractivity contribution is -0.107. The molecule has 0 aliphatic rings. The SMILES string of the molecule is O=CCc1ccc(O)cc1.OCCc1ccc(O)cc1. The standard InChI is InChI=1S/C8H10O2.C8H8O2/c2*9-6-5-7-1-3-8(10)4-2-7/h1-4,9-10H,5-6H2;1-4,6,10H,5H2. The highest BCUT2D eigenvalue weighted by atomic mass is 16.3. The molecule has 2 rings (SSSR count). The van der Waals surface area contributed by atoms with Crippen molar-refractivity contribution in [1.29, 1.82) is 0 Å². The highest BCUT2D eigenvalue weighted by Crippen LogP contribution is 2.09. The molecule has 0 atom stereocenters. The van der Waals surface area contributed by atoms with Crippen molar-refractivity contribution in [2.24, 2.45) is 0 Å². The first kappa shape index (κ1) is 15.7. The molecule has 2 aromatic carbocycles. The van der Waals surface area contributed by atoms with E-state index >= 15 is 0 Å². The van der Waals surface area contributed by atoms with Gasteiger partial charge in [0.1, 0.15) is 17.8 Å². The van der Waals surface area contributed by atoms with Crippen LogP contribution in [0.4, 0.5) is 0 Å². The number of benzene rings is 2. The summed E-state index contributed by atoms with van der Waals surface area (Å²) in [6.07, 6.45) is 1.91. The third-order valence-electron chi connectivity index (χ3n) is 2.59. The Morgan fingerprint density at radius 1 is 0.800 bits per heavy atom. The van der Waals surface area contributed by atoms with Crippen LogP contribution in [0.15, 0.2) is 48.5 Å². The maximum absolute atomic E-state index is 10.00. The fourth-order valence-electron chi connectivity index (χ4n) is 1.52. The first-order chi connectivity index (χ1) is 9.65. The highest BCUT2D eigenvalue weighted by Gasteiger charge is 1.90. The minimum atomic E-state index is 0.158. The zero-order chi connectivity index (χ0) is 14.8. The number of aliphatic hydroxyl groups is 1. The van der Waals surface area contributed by atoms with Crippen molar-refractivity contribution < 1.29 is 20.1 Å². The molecule has 0 spiro atoms. The fraction of sp³-hybridized carbons (Fsp3) is 0.188. The van der Waals surface area contributed by atoms with Crippen LogP contribution in [0.1, 0.15) is 11.1 Å². The molecule has 106 valence electrons. The van der Waals surface area contributed by atoms with E-state index in [-0.39, 0.29) is 18.1 Å². The van der Waals surface area contributed by atoms with Gasteiger partial charge in [0.25, 0.3) is 0 Å². The molecule has 0 aromatic heterocycles. The third-order valence-corrected chi connectivity index (χ3v) is 2.59. The summed E-state index contributed by atoms with van der Waals surface area (Å²) in [7, 11) is 0. The monoisotopic (exact) mass is 274 g/mol. The van der Waals surface area contributed by atoms with Gasteiger partial charge in [0.15, 0.2) is 0 Å². The van der Waals surface area contributed by atoms with Gasteiger partial charge in [0.05, 0.1) is 0 Å². The molecule has 0 bridgehead atoms. The molecule has 4 nitrogen and oxygen atoms in total. The largest absolute Gasteiger partial charge is 0.508 e. The van der Waals surface area contributed by atoms with Crippen LogP contribution in [-0.2, 0) is 17.6 Å². The summed E-state index contributed by atoms with van der Waals surface area (Å²) in [4.78, 5) is 10.00. The van der Waals surface area contributed by atoms with E-state index in [0.29, 0.717) is 12.8 Å². The molecule has 0 saturated carbocycles. The van der Waals surface area contributed by atoms with Gasteiger partial charge in [-0.2, -0.15) is 0 Å². The summed E-state index contributed by atoms with van der Waals surface area (Å²) in [5.41, 5.74) is 1.97. The van der Waals surface area contributed by atoms with Crippen molar-refractivity contribution in [3.63, 3.8) is 0 Å². The van der Waals surface area contributed by atoms with E-state index in [9.17, 15) is 4.79 Å². The van der Waals surface area contributed by atoms with Crippen LogP contribution in [0.25, 0.3) is 0 Å². The molecule has 0 unspecified atom stereocenters. The quantitative estimate of drug-likeness (QED) is 0.746. The second kappa shape index (κ2) is 8.72. The predicted octanol–water partition coefficient (Wildman–Crippen LogP) is 2.06. The van der Waals surface area contributed by atoms with E-state index in [4.69, 9.17) is 15.3 Å². The molecular formula is C16H18O4. The fourth-order valence-corrected chi connectivity index (χ4v) is 1.52. The predicted molar refractivity (Wildman–Crippen MR) is 76.8 cm³/mol. The van der Waals surface area contributed by atoms with Gasteiger partial charge in [-0.15, -0.1) is 0 Å². The normalized spacial score (nSPS) is 9.45. The number of rotatable bonds is 4. The van der Waals surface area contributed by atoms with E-state index in [1.54, 1.807) is 48.5 Å². The second-order valence-corrected chi connectivity index (χ2v) is 4.18. The Balaban J connectivity index is 0.000000200. The Morgan fingerprint density at radius 2 is 1.25 bits per heavy atom. The Morgan fingerprint density at radius 3 is 1.65 bits per heavy atom. The van der Waals surface area contributed by atoms with E-state index in [0.717, 1.165) is 17.4 Å². The van der Waals surface area contributed by atoms with Gasteiger partial charge < -0.3 is 20.1 Å². The number of hydrogen-bond acceptors (Lipinski definition) is 4. The Kier molecular flexibility index (Phi) is 6.85. The zero-order valence-corrected chi connectivity index (χ0v) is 11.1. The van der Waals surface area contributed by atoms with Gasteiger partial charge in [-0.25, -0.2) is 0 Å². The van der Waals surface area contributed by atoms with E-state index in [1.807, 2.05) is 0 Å². The average Bonchev–Trinajstić information content (AvgIpc) is 2.45. The number of phenolic OH excluding ortho intramolecular Hbond substituents is 2. The maximum Gasteiger partial charge on any atom is 0.124 e. The van der Waals surface area contributed by atoms with Crippen LogP contribution < -0.4 is 0 Å². The van der Waals surface area contributed by atoms with Crippen molar-refractivity contribution in [3.8, 4) is 11.5 Å².